The third-order valence-corrected chi connectivity index (χ3v) is 2.66. The van der Waals surface area contributed by atoms with Crippen LogP contribution in [0.4, 0.5) is 0 Å². The largest absolute Gasteiger partial charge is 0.481 e. The molecule has 5 N–H and O–H groups in total. The topological polar surface area (TPSA) is 130 Å². The SMILES string of the molecule is NC(CC(=O)NC(CC(=O)O)C(=O)O)C1CC1. The van der Waals surface area contributed by atoms with Crippen molar-refractivity contribution in [3.63, 3.8) is 0 Å². The van der Waals surface area contributed by atoms with Gasteiger partial charge in [0.15, 0.2) is 0 Å². The highest BCUT2D eigenvalue weighted by Gasteiger charge is 2.31. The number of rotatable bonds is 7. The van der Waals surface area contributed by atoms with Crippen LogP contribution in [0.15, 0.2) is 0 Å². The van der Waals surface area contributed by atoms with Gasteiger partial charge >= 0.3 is 11.9 Å². The van der Waals surface area contributed by atoms with Crippen LogP contribution in [0.2, 0.25) is 0 Å². The first-order valence-corrected chi connectivity index (χ1v) is 5.39. The van der Waals surface area contributed by atoms with Crippen molar-refractivity contribution in [3.05, 3.63) is 0 Å². The minimum atomic E-state index is -1.40. The maximum Gasteiger partial charge on any atom is 0.326 e. The Morgan fingerprint density at radius 1 is 1.24 bits per heavy atom. The van der Waals surface area contributed by atoms with E-state index in [2.05, 4.69) is 5.32 Å². The number of carboxylic acids is 2. The molecule has 0 aliphatic heterocycles. The van der Waals surface area contributed by atoms with Crippen molar-refractivity contribution < 1.29 is 24.6 Å². The Balaban J connectivity index is 2.39. The molecule has 0 aromatic rings. The summed E-state index contributed by atoms with van der Waals surface area (Å²) in [6.07, 6.45) is 1.38. The molecule has 1 aliphatic rings. The van der Waals surface area contributed by atoms with Gasteiger partial charge in [0.1, 0.15) is 6.04 Å². The average Bonchev–Trinajstić information content (AvgIpc) is 2.98. The van der Waals surface area contributed by atoms with Crippen LogP contribution in [0.25, 0.3) is 0 Å². The molecule has 0 aromatic carbocycles. The summed E-state index contributed by atoms with van der Waals surface area (Å²) in [5.74, 6) is -2.81. The van der Waals surface area contributed by atoms with Gasteiger partial charge in [-0.3, -0.25) is 9.59 Å². The van der Waals surface area contributed by atoms with E-state index in [1.807, 2.05) is 0 Å². The number of carbonyl (C=O) groups is 3. The fraction of sp³-hybridized carbons (Fsp3) is 0.700. The van der Waals surface area contributed by atoms with Crippen molar-refractivity contribution in [1.29, 1.82) is 0 Å². The molecule has 1 rings (SSSR count). The van der Waals surface area contributed by atoms with E-state index in [4.69, 9.17) is 15.9 Å². The molecule has 1 aliphatic carbocycles. The predicted octanol–water partition coefficient (Wildman–Crippen LogP) is -0.842. The Labute approximate surface area is 98.0 Å². The normalized spacial score (nSPS) is 18.2. The molecule has 0 saturated heterocycles. The van der Waals surface area contributed by atoms with Crippen molar-refractivity contribution in [3.8, 4) is 0 Å². The standard InChI is InChI=1S/C10H16N2O5/c11-6(5-1-2-5)3-8(13)12-7(10(16)17)4-9(14)15/h5-7H,1-4,11H2,(H,12,13)(H,14,15)(H,16,17). The number of hydrogen-bond acceptors (Lipinski definition) is 4. The summed E-state index contributed by atoms with van der Waals surface area (Å²) in [5.41, 5.74) is 5.71. The Bertz CT molecular complexity index is 327. The van der Waals surface area contributed by atoms with E-state index in [9.17, 15) is 14.4 Å². The lowest BCUT2D eigenvalue weighted by atomic mass is 10.1. The van der Waals surface area contributed by atoms with E-state index >= 15 is 0 Å². The molecule has 1 amide bonds. The summed E-state index contributed by atoms with van der Waals surface area (Å²) in [7, 11) is 0. The molecule has 0 spiro atoms. The summed E-state index contributed by atoms with van der Waals surface area (Å²) in [4.78, 5) is 32.5. The fourth-order valence-corrected chi connectivity index (χ4v) is 1.53. The van der Waals surface area contributed by atoms with Crippen LogP contribution in [-0.2, 0) is 14.4 Å². The molecule has 17 heavy (non-hydrogen) atoms. The highest BCUT2D eigenvalue weighted by Crippen LogP contribution is 2.32. The first kappa shape index (κ1) is 13.4. The van der Waals surface area contributed by atoms with Crippen molar-refractivity contribution in [2.75, 3.05) is 0 Å². The van der Waals surface area contributed by atoms with Crippen molar-refractivity contribution >= 4 is 17.8 Å². The average molecular weight is 244 g/mol. The van der Waals surface area contributed by atoms with Gasteiger partial charge in [0, 0.05) is 12.5 Å². The lowest BCUT2D eigenvalue weighted by Crippen LogP contribution is -2.44. The highest BCUT2D eigenvalue weighted by molar-refractivity contribution is 5.86. The Morgan fingerprint density at radius 3 is 2.24 bits per heavy atom. The fourth-order valence-electron chi connectivity index (χ4n) is 1.53. The Morgan fingerprint density at radius 2 is 1.82 bits per heavy atom. The van der Waals surface area contributed by atoms with E-state index in [0.29, 0.717) is 5.92 Å². The molecule has 96 valence electrons. The second kappa shape index (κ2) is 5.62. The summed E-state index contributed by atoms with van der Waals surface area (Å²) in [6, 6.07) is -1.67. The van der Waals surface area contributed by atoms with E-state index in [-0.39, 0.29) is 12.5 Å². The number of carbonyl (C=O) groups excluding carboxylic acids is 1. The highest BCUT2D eigenvalue weighted by atomic mass is 16.4. The molecule has 0 radical (unpaired) electrons. The Hall–Kier alpha value is -1.63. The summed E-state index contributed by atoms with van der Waals surface area (Å²) < 4.78 is 0. The lowest BCUT2D eigenvalue weighted by molar-refractivity contribution is -0.147. The molecule has 2 unspecified atom stereocenters. The zero-order chi connectivity index (χ0) is 13.0. The van der Waals surface area contributed by atoms with E-state index < -0.39 is 30.3 Å². The first-order chi connectivity index (χ1) is 7.90. The second-order valence-electron chi connectivity index (χ2n) is 4.26. The van der Waals surface area contributed by atoms with Crippen molar-refractivity contribution in [2.24, 2.45) is 11.7 Å². The van der Waals surface area contributed by atoms with Gasteiger partial charge in [0.25, 0.3) is 0 Å². The quantitative estimate of drug-likeness (QED) is 0.462. The van der Waals surface area contributed by atoms with Crippen LogP contribution in [0.3, 0.4) is 0 Å². The van der Waals surface area contributed by atoms with Gasteiger partial charge in [-0.2, -0.15) is 0 Å². The zero-order valence-corrected chi connectivity index (χ0v) is 9.26. The monoisotopic (exact) mass is 244 g/mol. The molecule has 1 fully saturated rings. The molecular formula is C10H16N2O5. The summed E-state index contributed by atoms with van der Waals surface area (Å²) >= 11 is 0. The van der Waals surface area contributed by atoms with Gasteiger partial charge in [-0.05, 0) is 18.8 Å². The molecule has 2 atom stereocenters. The van der Waals surface area contributed by atoms with Crippen LogP contribution in [0.5, 0.6) is 0 Å². The zero-order valence-electron chi connectivity index (χ0n) is 9.26. The molecule has 7 nitrogen and oxygen atoms in total. The third kappa shape index (κ3) is 4.81. The van der Waals surface area contributed by atoms with E-state index in [0.717, 1.165) is 12.8 Å². The minimum absolute atomic E-state index is 0.0358. The van der Waals surface area contributed by atoms with E-state index in [1.54, 1.807) is 0 Å². The summed E-state index contributed by atoms with van der Waals surface area (Å²) in [6.45, 7) is 0. The lowest BCUT2D eigenvalue weighted by Gasteiger charge is -2.14. The predicted molar refractivity (Wildman–Crippen MR) is 57.1 cm³/mol. The number of nitrogens with two attached hydrogens (primary N) is 1. The van der Waals surface area contributed by atoms with Gasteiger partial charge in [0.05, 0.1) is 6.42 Å². The maximum absolute atomic E-state index is 11.4. The van der Waals surface area contributed by atoms with Crippen LogP contribution >= 0.6 is 0 Å². The van der Waals surface area contributed by atoms with Crippen LogP contribution in [0, 0.1) is 5.92 Å². The number of amides is 1. The van der Waals surface area contributed by atoms with Crippen molar-refractivity contribution in [1.82, 2.24) is 5.32 Å². The number of nitrogens with one attached hydrogen (secondary N) is 1. The smallest absolute Gasteiger partial charge is 0.326 e. The molecule has 7 heteroatoms. The van der Waals surface area contributed by atoms with Gasteiger partial charge in [-0.1, -0.05) is 0 Å². The molecular weight excluding hydrogens is 228 g/mol. The van der Waals surface area contributed by atoms with Crippen LogP contribution in [0.1, 0.15) is 25.7 Å². The Kier molecular flexibility index (Phi) is 4.45. The van der Waals surface area contributed by atoms with Gasteiger partial charge in [-0.25, -0.2) is 4.79 Å². The van der Waals surface area contributed by atoms with Crippen molar-refractivity contribution in [2.45, 2.75) is 37.8 Å². The second-order valence-corrected chi connectivity index (χ2v) is 4.26. The maximum atomic E-state index is 11.4. The molecule has 0 aromatic heterocycles. The van der Waals surface area contributed by atoms with Gasteiger partial charge in [-0.15, -0.1) is 0 Å². The summed E-state index contributed by atoms with van der Waals surface area (Å²) in [5, 5.41) is 19.4. The molecule has 0 heterocycles. The van der Waals surface area contributed by atoms with Gasteiger partial charge in [0.2, 0.25) is 5.91 Å². The molecule has 0 bridgehead atoms. The molecule has 1 saturated carbocycles. The minimum Gasteiger partial charge on any atom is -0.481 e. The first-order valence-electron chi connectivity index (χ1n) is 5.39. The number of aliphatic carboxylic acids is 2. The van der Waals surface area contributed by atoms with Crippen LogP contribution < -0.4 is 11.1 Å². The van der Waals surface area contributed by atoms with Crippen LogP contribution in [-0.4, -0.2) is 40.1 Å². The van der Waals surface area contributed by atoms with Gasteiger partial charge < -0.3 is 21.3 Å². The number of hydrogen-bond donors (Lipinski definition) is 4. The number of carboxylic acid groups (broad SMARTS) is 2. The van der Waals surface area contributed by atoms with E-state index in [1.165, 1.54) is 0 Å². The third-order valence-electron chi connectivity index (χ3n) is 2.66.